The summed E-state index contributed by atoms with van der Waals surface area (Å²) in [5.41, 5.74) is 0.934. The van der Waals surface area contributed by atoms with Crippen LogP contribution < -0.4 is 11.1 Å². The Bertz CT molecular complexity index is 1570. The largest absolute Gasteiger partial charge is 0.316 e. The molecule has 0 unspecified atom stereocenters. The van der Waals surface area contributed by atoms with E-state index in [1.54, 1.807) is 0 Å². The van der Waals surface area contributed by atoms with Crippen LogP contribution in [-0.4, -0.2) is 34.7 Å². The number of aromatic nitrogens is 2. The molecule has 0 fully saturated rings. The summed E-state index contributed by atoms with van der Waals surface area (Å²) in [5, 5.41) is 11.7. The molecule has 0 saturated heterocycles. The summed E-state index contributed by atoms with van der Waals surface area (Å²) < 4.78 is 29.4. The Labute approximate surface area is 215 Å². The minimum absolute atomic E-state index is 0.0507. The van der Waals surface area contributed by atoms with E-state index in [0.29, 0.717) is 11.1 Å². The Hall–Kier alpha value is -3.31. The van der Waals surface area contributed by atoms with Crippen LogP contribution in [0.1, 0.15) is 87.1 Å². The summed E-state index contributed by atoms with van der Waals surface area (Å²) in [6.45, 7) is 13.1. The summed E-state index contributed by atoms with van der Waals surface area (Å²) in [4.78, 5) is 40.1. The molecule has 0 spiro atoms. The van der Waals surface area contributed by atoms with Crippen LogP contribution in [0.25, 0.3) is 11.0 Å². The molecule has 11 heteroatoms. The molecule has 0 aliphatic rings. The number of hydrogen-bond donors (Lipinski definition) is 2. The molecule has 200 valence electrons. The van der Waals surface area contributed by atoms with Crippen LogP contribution in [0.5, 0.6) is 0 Å². The zero-order valence-electron chi connectivity index (χ0n) is 22.4. The second kappa shape index (κ2) is 10.2. The Morgan fingerprint density at radius 3 is 1.89 bits per heavy atom. The van der Waals surface area contributed by atoms with Gasteiger partial charge in [-0.2, -0.15) is 4.31 Å². The van der Waals surface area contributed by atoms with Gasteiger partial charge in [0.1, 0.15) is 0 Å². The summed E-state index contributed by atoms with van der Waals surface area (Å²) in [6.07, 6.45) is 0. The number of hydrogen-bond acceptors (Lipinski definition) is 6. The van der Waals surface area contributed by atoms with Gasteiger partial charge >= 0.3 is 11.1 Å². The highest BCUT2D eigenvalue weighted by Crippen LogP contribution is 2.37. The molecule has 0 radical (unpaired) electrons. The van der Waals surface area contributed by atoms with Gasteiger partial charge in [0.25, 0.3) is 5.69 Å². The molecule has 0 aliphatic carbocycles. The number of nitrogens with one attached hydrogen (secondary N) is 2. The van der Waals surface area contributed by atoms with Crippen molar-refractivity contribution in [2.75, 3.05) is 7.05 Å². The van der Waals surface area contributed by atoms with E-state index in [1.165, 1.54) is 20.0 Å². The van der Waals surface area contributed by atoms with Crippen LogP contribution in [0.15, 0.2) is 32.7 Å². The highest BCUT2D eigenvalue weighted by atomic mass is 32.2. The van der Waals surface area contributed by atoms with Crippen molar-refractivity contribution in [3.63, 3.8) is 0 Å². The molecule has 3 rings (SSSR count). The monoisotopic (exact) mass is 530 g/mol. The van der Waals surface area contributed by atoms with Crippen molar-refractivity contribution >= 4 is 26.7 Å². The molecule has 0 aliphatic heterocycles. The molecule has 10 nitrogen and oxygen atoms in total. The molecule has 37 heavy (non-hydrogen) atoms. The molecular formula is C26H34N4O6S. The van der Waals surface area contributed by atoms with Gasteiger partial charge < -0.3 is 9.97 Å². The number of aromatic amines is 2. The Kier molecular flexibility index (Phi) is 7.80. The maximum Gasteiger partial charge on any atom is 0.314 e. The van der Waals surface area contributed by atoms with Crippen molar-refractivity contribution in [1.29, 1.82) is 0 Å². The first-order valence-electron chi connectivity index (χ1n) is 12.1. The van der Waals surface area contributed by atoms with Crippen molar-refractivity contribution < 1.29 is 13.3 Å². The van der Waals surface area contributed by atoms with Crippen molar-refractivity contribution in [3.8, 4) is 0 Å². The van der Waals surface area contributed by atoms with Crippen molar-refractivity contribution in [2.24, 2.45) is 0 Å². The number of nitro benzene ring substituents is 1. The minimum Gasteiger partial charge on any atom is -0.316 e. The van der Waals surface area contributed by atoms with Crippen LogP contribution >= 0.6 is 0 Å². The summed E-state index contributed by atoms with van der Waals surface area (Å²) >= 11 is 0. The van der Waals surface area contributed by atoms with Crippen molar-refractivity contribution in [1.82, 2.24) is 14.3 Å². The zero-order chi connectivity index (χ0) is 28.0. The molecule has 1 heterocycles. The molecule has 0 bridgehead atoms. The molecule has 3 aromatic rings. The number of sulfonamides is 1. The van der Waals surface area contributed by atoms with Crippen molar-refractivity contribution in [3.05, 3.63) is 76.8 Å². The van der Waals surface area contributed by atoms with Gasteiger partial charge in [0.2, 0.25) is 10.0 Å². The lowest BCUT2D eigenvalue weighted by Gasteiger charge is -2.26. The lowest BCUT2D eigenvalue weighted by molar-refractivity contribution is -0.385. The first-order valence-corrected chi connectivity index (χ1v) is 13.6. The van der Waals surface area contributed by atoms with E-state index in [-0.39, 0.29) is 57.0 Å². The van der Waals surface area contributed by atoms with Gasteiger partial charge in [-0.15, -0.1) is 0 Å². The molecule has 2 aromatic carbocycles. The van der Waals surface area contributed by atoms with Crippen LogP contribution in [0.3, 0.4) is 0 Å². The number of nitro groups is 1. The second-order valence-electron chi connectivity index (χ2n) is 10.3. The number of nitrogens with zero attached hydrogens (tertiary/aromatic N) is 2. The fourth-order valence-electron chi connectivity index (χ4n) is 4.45. The number of H-pyrrole nitrogens is 2. The third kappa shape index (κ3) is 5.24. The predicted octanol–water partition coefficient (Wildman–Crippen LogP) is 4.62. The van der Waals surface area contributed by atoms with Crippen molar-refractivity contribution in [2.45, 2.75) is 77.7 Å². The lowest BCUT2D eigenvalue weighted by Crippen LogP contribution is -2.31. The second-order valence-corrected chi connectivity index (χ2v) is 12.3. The summed E-state index contributed by atoms with van der Waals surface area (Å²) in [7, 11) is -2.66. The predicted molar refractivity (Wildman–Crippen MR) is 144 cm³/mol. The highest BCUT2D eigenvalue weighted by molar-refractivity contribution is 7.89. The molecule has 0 atom stereocenters. The average Bonchev–Trinajstić information content (AvgIpc) is 2.80. The third-order valence-electron chi connectivity index (χ3n) is 6.71. The normalized spacial score (nSPS) is 12.4. The van der Waals surface area contributed by atoms with Gasteiger partial charge in [0.15, 0.2) is 0 Å². The standard InChI is InChI=1S/C26H34N4O6S/c1-13(2)17-9-18(14(3)4)24(19(10-17)15(5)6)37(35,36)29(8)12-20-16(7)22(30(33)34)11-21-23(20)28-26(32)25(31)27-21/h9-11,13-15H,12H2,1-8H3,(H,27,31)(H,28,32). The minimum atomic E-state index is -4.07. The summed E-state index contributed by atoms with van der Waals surface area (Å²) in [6, 6.07) is 5.05. The van der Waals surface area contributed by atoms with Gasteiger partial charge in [0.05, 0.1) is 20.9 Å². The number of rotatable bonds is 8. The molecule has 0 amide bonds. The van der Waals surface area contributed by atoms with Gasteiger partial charge in [-0.3, -0.25) is 19.7 Å². The smallest absolute Gasteiger partial charge is 0.314 e. The SMILES string of the molecule is Cc1c([N+](=O)[O-])cc2[nH]c(=O)c(=O)[nH]c2c1CN(C)S(=O)(=O)c1c(C(C)C)cc(C(C)C)cc1C(C)C. The van der Waals surface area contributed by atoms with E-state index in [0.717, 1.165) is 9.87 Å². The van der Waals surface area contributed by atoms with Gasteiger partial charge in [0, 0.05) is 30.8 Å². The number of fused-ring (bicyclic) bond motifs is 1. The zero-order valence-corrected chi connectivity index (χ0v) is 23.2. The van der Waals surface area contributed by atoms with Gasteiger partial charge in [-0.25, -0.2) is 8.42 Å². The van der Waals surface area contributed by atoms with Gasteiger partial charge in [-0.05, 0) is 41.4 Å². The van der Waals surface area contributed by atoms with Crippen LogP contribution in [-0.2, 0) is 16.6 Å². The maximum absolute atomic E-state index is 14.1. The first-order chi connectivity index (χ1) is 17.1. The van der Waals surface area contributed by atoms with Crippen LogP contribution in [0.2, 0.25) is 0 Å². The van der Waals surface area contributed by atoms with E-state index in [2.05, 4.69) is 23.8 Å². The van der Waals surface area contributed by atoms with E-state index in [9.17, 15) is 28.1 Å². The Morgan fingerprint density at radius 2 is 1.43 bits per heavy atom. The lowest BCUT2D eigenvalue weighted by atomic mass is 9.89. The summed E-state index contributed by atoms with van der Waals surface area (Å²) in [5.74, 6) is 0.0645. The molecule has 0 saturated carbocycles. The number of benzene rings is 2. The van der Waals surface area contributed by atoms with E-state index in [1.807, 2.05) is 39.8 Å². The van der Waals surface area contributed by atoms with E-state index < -0.39 is 26.1 Å². The Balaban J connectivity index is 2.28. The first kappa shape index (κ1) is 28.3. The maximum atomic E-state index is 14.1. The Morgan fingerprint density at radius 1 is 0.919 bits per heavy atom. The topological polar surface area (TPSA) is 146 Å². The molecular weight excluding hydrogens is 496 g/mol. The fraction of sp³-hybridized carbons (Fsp3) is 0.462. The van der Waals surface area contributed by atoms with E-state index in [4.69, 9.17) is 0 Å². The third-order valence-corrected chi connectivity index (χ3v) is 8.64. The molecule has 2 N–H and O–H groups in total. The van der Waals surface area contributed by atoms with Crippen LogP contribution in [0, 0.1) is 17.0 Å². The molecule has 1 aromatic heterocycles. The van der Waals surface area contributed by atoms with Gasteiger partial charge in [-0.1, -0.05) is 53.7 Å². The average molecular weight is 531 g/mol. The van der Waals surface area contributed by atoms with E-state index >= 15 is 0 Å². The highest BCUT2D eigenvalue weighted by Gasteiger charge is 2.32. The fourth-order valence-corrected chi connectivity index (χ4v) is 6.25. The quantitative estimate of drug-likeness (QED) is 0.247. The van der Waals surface area contributed by atoms with Crippen LogP contribution in [0.4, 0.5) is 5.69 Å².